The first-order valence-corrected chi connectivity index (χ1v) is 11.4. The number of benzene rings is 1. The van der Waals surface area contributed by atoms with Crippen LogP contribution in [0.15, 0.2) is 42.0 Å². The summed E-state index contributed by atoms with van der Waals surface area (Å²) in [4.78, 5) is 12.5. The molecule has 0 amide bonds. The summed E-state index contributed by atoms with van der Waals surface area (Å²) in [6, 6.07) is 8.31. The number of allylic oxidation sites excluding steroid dienone is 3. The third-order valence-corrected chi connectivity index (χ3v) is 6.08. The van der Waals surface area contributed by atoms with Crippen LogP contribution in [-0.2, 0) is 4.79 Å². The lowest BCUT2D eigenvalue weighted by atomic mass is 9.70. The van der Waals surface area contributed by atoms with Crippen LogP contribution in [0.25, 0.3) is 6.08 Å². The van der Waals surface area contributed by atoms with E-state index in [0.717, 1.165) is 49.8 Å². The Kier molecular flexibility index (Phi) is 10.2. The largest absolute Gasteiger partial charge is 0.497 e. The molecule has 1 fully saturated rings. The highest BCUT2D eigenvalue weighted by atomic mass is 16.5. The summed E-state index contributed by atoms with van der Waals surface area (Å²) in [5.74, 6) is 1.80. The number of unbranched alkanes of at least 4 members (excludes halogenated alkanes) is 3. The average molecular weight is 398 g/mol. The van der Waals surface area contributed by atoms with Gasteiger partial charge in [0.1, 0.15) is 5.75 Å². The molecule has 3 heteroatoms. The van der Waals surface area contributed by atoms with Gasteiger partial charge < -0.3 is 10.5 Å². The Balaban J connectivity index is 2.22. The smallest absolute Gasteiger partial charge is 0.155 e. The first-order chi connectivity index (χ1) is 14.1. The normalized spacial score (nSPS) is 23.6. The minimum Gasteiger partial charge on any atom is -0.497 e. The van der Waals surface area contributed by atoms with Crippen molar-refractivity contribution in [1.29, 1.82) is 0 Å². The van der Waals surface area contributed by atoms with Crippen molar-refractivity contribution in [3.8, 4) is 5.75 Å². The summed E-state index contributed by atoms with van der Waals surface area (Å²) in [5.41, 5.74) is 8.97. The first kappa shape index (κ1) is 23.4. The van der Waals surface area contributed by atoms with Gasteiger partial charge in [-0.3, -0.25) is 4.79 Å². The van der Waals surface area contributed by atoms with Crippen LogP contribution >= 0.6 is 0 Å². The maximum absolute atomic E-state index is 12.5. The molecule has 1 aliphatic carbocycles. The molecule has 1 aromatic carbocycles. The Bertz CT molecular complexity index is 674. The van der Waals surface area contributed by atoms with E-state index in [1.165, 1.54) is 18.4 Å². The number of ether oxygens (including phenoxy) is 1. The van der Waals surface area contributed by atoms with Crippen molar-refractivity contribution >= 4 is 11.9 Å². The van der Waals surface area contributed by atoms with Crippen LogP contribution in [0.5, 0.6) is 5.75 Å². The van der Waals surface area contributed by atoms with Crippen molar-refractivity contribution in [3.63, 3.8) is 0 Å². The van der Waals surface area contributed by atoms with Gasteiger partial charge in [0.05, 0.1) is 7.11 Å². The maximum Gasteiger partial charge on any atom is 0.155 e. The second-order valence-corrected chi connectivity index (χ2v) is 8.31. The minimum atomic E-state index is 0.208. The predicted molar refractivity (Wildman–Crippen MR) is 123 cm³/mol. The Morgan fingerprint density at radius 2 is 1.86 bits per heavy atom. The molecule has 0 spiro atoms. The second kappa shape index (κ2) is 12.6. The molecule has 2 unspecified atom stereocenters. The Morgan fingerprint density at radius 1 is 1.14 bits per heavy atom. The topological polar surface area (TPSA) is 52.3 Å². The zero-order chi connectivity index (χ0) is 21.1. The molecule has 0 saturated heterocycles. The maximum atomic E-state index is 12.5. The van der Waals surface area contributed by atoms with Crippen LogP contribution in [0, 0.1) is 11.8 Å². The van der Waals surface area contributed by atoms with Crippen molar-refractivity contribution in [2.45, 2.75) is 77.7 Å². The van der Waals surface area contributed by atoms with Gasteiger partial charge in [-0.2, -0.15) is 0 Å². The number of carbonyl (C=O) groups excluding carboxylic acids is 1. The van der Waals surface area contributed by atoms with Crippen molar-refractivity contribution in [3.05, 3.63) is 47.6 Å². The third-order valence-electron chi connectivity index (χ3n) is 6.08. The van der Waals surface area contributed by atoms with Crippen molar-refractivity contribution in [1.82, 2.24) is 0 Å². The summed E-state index contributed by atoms with van der Waals surface area (Å²) >= 11 is 0. The van der Waals surface area contributed by atoms with E-state index in [4.69, 9.17) is 10.5 Å². The first-order valence-electron chi connectivity index (χ1n) is 11.4. The fraction of sp³-hybridized carbons (Fsp3) is 0.577. The molecule has 0 bridgehead atoms. The van der Waals surface area contributed by atoms with Gasteiger partial charge in [-0.25, -0.2) is 0 Å². The molecule has 1 aliphatic rings. The van der Waals surface area contributed by atoms with E-state index in [1.807, 2.05) is 18.2 Å². The number of hydrogen-bond donors (Lipinski definition) is 1. The molecule has 160 valence electrons. The van der Waals surface area contributed by atoms with Gasteiger partial charge in [0.25, 0.3) is 0 Å². The van der Waals surface area contributed by atoms with E-state index in [2.05, 4.69) is 38.1 Å². The van der Waals surface area contributed by atoms with Crippen LogP contribution in [0.4, 0.5) is 0 Å². The fourth-order valence-corrected chi connectivity index (χ4v) is 4.28. The highest BCUT2D eigenvalue weighted by Crippen LogP contribution is 2.38. The highest BCUT2D eigenvalue weighted by Gasteiger charge is 2.32. The Morgan fingerprint density at radius 3 is 2.52 bits per heavy atom. The van der Waals surface area contributed by atoms with Gasteiger partial charge in [-0.1, -0.05) is 69.4 Å². The van der Waals surface area contributed by atoms with Gasteiger partial charge in [0, 0.05) is 18.4 Å². The van der Waals surface area contributed by atoms with Gasteiger partial charge in [-0.05, 0) is 55.4 Å². The lowest BCUT2D eigenvalue weighted by Gasteiger charge is -2.37. The fourth-order valence-electron chi connectivity index (χ4n) is 4.28. The summed E-state index contributed by atoms with van der Waals surface area (Å²) in [7, 11) is 1.68. The minimum absolute atomic E-state index is 0.208. The molecule has 3 nitrogen and oxygen atoms in total. The second-order valence-electron chi connectivity index (χ2n) is 8.31. The lowest BCUT2D eigenvalue weighted by Crippen LogP contribution is -2.39. The highest BCUT2D eigenvalue weighted by molar-refractivity contribution is 5.90. The summed E-state index contributed by atoms with van der Waals surface area (Å²) < 4.78 is 5.25. The van der Waals surface area contributed by atoms with E-state index < -0.39 is 0 Å². The molecule has 3 atom stereocenters. The molecule has 1 saturated carbocycles. The standard InChI is InChI=1S/C26H39NO2/c1-4-6-8-9-22(28)19-21-14-18-26(27)25(10-7-5-2)24(21)17-13-20-11-15-23(29-3)16-12-20/h11-13,15-17,19,24-26H,4-10,14,18,27H2,1-3H3/b17-13+,21-19+/t24?,25?,26-/m0/s1. The Hall–Kier alpha value is -1.87. The van der Waals surface area contributed by atoms with E-state index in [-0.39, 0.29) is 17.7 Å². The number of carbonyl (C=O) groups is 1. The van der Waals surface area contributed by atoms with Crippen LogP contribution in [0.2, 0.25) is 0 Å². The van der Waals surface area contributed by atoms with Gasteiger partial charge >= 0.3 is 0 Å². The molecule has 0 heterocycles. The molecular weight excluding hydrogens is 358 g/mol. The van der Waals surface area contributed by atoms with Crippen LogP contribution < -0.4 is 10.5 Å². The summed E-state index contributed by atoms with van der Waals surface area (Å²) in [6.45, 7) is 4.40. The van der Waals surface area contributed by atoms with Crippen LogP contribution in [0.1, 0.15) is 77.2 Å². The number of methoxy groups -OCH3 is 1. The SMILES string of the molecule is CCCCCC(=O)/C=C1\CC[C@H](N)C(CCCC)C1/C=C/c1ccc(OC)cc1. The number of rotatable bonds is 11. The lowest BCUT2D eigenvalue weighted by molar-refractivity contribution is -0.114. The molecule has 2 rings (SSSR count). The molecule has 2 N–H and O–H groups in total. The van der Waals surface area contributed by atoms with Gasteiger partial charge in [-0.15, -0.1) is 0 Å². The zero-order valence-electron chi connectivity index (χ0n) is 18.5. The van der Waals surface area contributed by atoms with E-state index >= 15 is 0 Å². The summed E-state index contributed by atoms with van der Waals surface area (Å²) in [6.07, 6.45) is 15.7. The van der Waals surface area contributed by atoms with Gasteiger partial charge in [0.15, 0.2) is 5.78 Å². The monoisotopic (exact) mass is 397 g/mol. The van der Waals surface area contributed by atoms with E-state index in [1.54, 1.807) is 7.11 Å². The average Bonchev–Trinajstić information content (AvgIpc) is 2.73. The molecule has 0 aromatic heterocycles. The molecule has 1 aromatic rings. The number of nitrogens with two attached hydrogens (primary N) is 1. The molecular formula is C26H39NO2. The third kappa shape index (κ3) is 7.47. The molecule has 29 heavy (non-hydrogen) atoms. The van der Waals surface area contributed by atoms with Crippen LogP contribution in [-0.4, -0.2) is 18.9 Å². The van der Waals surface area contributed by atoms with E-state index in [0.29, 0.717) is 12.3 Å². The van der Waals surface area contributed by atoms with E-state index in [9.17, 15) is 4.79 Å². The Labute approximate surface area is 177 Å². The molecule has 0 aliphatic heterocycles. The van der Waals surface area contributed by atoms with Crippen LogP contribution in [0.3, 0.4) is 0 Å². The van der Waals surface area contributed by atoms with Gasteiger partial charge in [0.2, 0.25) is 0 Å². The number of hydrogen-bond acceptors (Lipinski definition) is 3. The van der Waals surface area contributed by atoms with Crippen molar-refractivity contribution in [2.75, 3.05) is 7.11 Å². The zero-order valence-corrected chi connectivity index (χ0v) is 18.5. The molecule has 0 radical (unpaired) electrons. The number of ketones is 1. The quantitative estimate of drug-likeness (QED) is 0.351. The van der Waals surface area contributed by atoms with Crippen molar-refractivity contribution in [2.24, 2.45) is 17.6 Å². The predicted octanol–water partition coefficient (Wildman–Crippen LogP) is 6.33. The summed E-state index contributed by atoms with van der Waals surface area (Å²) in [5, 5.41) is 0. The van der Waals surface area contributed by atoms with Crippen molar-refractivity contribution < 1.29 is 9.53 Å².